The van der Waals surface area contributed by atoms with Crippen LogP contribution in [0.3, 0.4) is 0 Å². The molecule has 0 aromatic rings. The van der Waals surface area contributed by atoms with Gasteiger partial charge in [0, 0.05) is 29.8 Å². The van der Waals surface area contributed by atoms with Crippen LogP contribution in [0.1, 0.15) is 33.1 Å². The van der Waals surface area contributed by atoms with Crippen LogP contribution in [0, 0.1) is 17.8 Å². The van der Waals surface area contributed by atoms with E-state index in [1.54, 1.807) is 0 Å². The van der Waals surface area contributed by atoms with Crippen molar-refractivity contribution in [3.63, 3.8) is 0 Å². The molecule has 0 spiro atoms. The molecular weight excluding hydrogens is 372 g/mol. The van der Waals surface area contributed by atoms with E-state index in [1.165, 1.54) is 33.5 Å². The Labute approximate surface area is 166 Å². The molecule has 3 unspecified atom stereocenters. The van der Waals surface area contributed by atoms with E-state index in [9.17, 15) is 9.59 Å². The van der Waals surface area contributed by atoms with Gasteiger partial charge in [-0.05, 0) is 42.8 Å². The van der Waals surface area contributed by atoms with Crippen LogP contribution in [0.4, 0.5) is 9.59 Å². The zero-order chi connectivity index (χ0) is 19.4. The quantitative estimate of drug-likeness (QED) is 0.540. The van der Waals surface area contributed by atoms with E-state index in [1.807, 2.05) is 23.5 Å². The van der Waals surface area contributed by atoms with E-state index >= 15 is 0 Å². The van der Waals surface area contributed by atoms with E-state index in [2.05, 4.69) is 34.0 Å². The van der Waals surface area contributed by atoms with Crippen LogP contribution >= 0.6 is 23.5 Å². The minimum Gasteiger partial charge on any atom is -0.453 e. The van der Waals surface area contributed by atoms with Gasteiger partial charge in [-0.1, -0.05) is 13.8 Å². The number of hydrogen-bond acceptors (Lipinski definition) is 6. The molecule has 0 aromatic carbocycles. The van der Waals surface area contributed by atoms with Crippen molar-refractivity contribution < 1.29 is 19.1 Å². The van der Waals surface area contributed by atoms with Crippen molar-refractivity contribution in [1.29, 1.82) is 0 Å². The standard InChI is InChI=1S/C18H34N2O4S2/c1-13-5-6-15(11-16(13)26-10-8-20-18(22)24-4)14(2)12-25-9-7-19-17(21)23-3/h13-16H,5-12H2,1-4H3,(H,19,21)(H,20,22)/t13?,14?,15-,16?/m1/s1. The largest absolute Gasteiger partial charge is 0.453 e. The fraction of sp³-hybridized carbons (Fsp3) is 0.889. The molecule has 26 heavy (non-hydrogen) atoms. The molecule has 1 saturated carbocycles. The monoisotopic (exact) mass is 406 g/mol. The predicted octanol–water partition coefficient (Wildman–Crippen LogP) is 3.61. The third kappa shape index (κ3) is 9.26. The molecule has 8 heteroatoms. The van der Waals surface area contributed by atoms with Crippen molar-refractivity contribution in [2.24, 2.45) is 17.8 Å². The van der Waals surface area contributed by atoms with Gasteiger partial charge in [-0.2, -0.15) is 23.5 Å². The molecule has 1 aliphatic rings. The van der Waals surface area contributed by atoms with Gasteiger partial charge in [-0.15, -0.1) is 0 Å². The van der Waals surface area contributed by atoms with Gasteiger partial charge in [0.05, 0.1) is 14.2 Å². The molecule has 0 bridgehead atoms. The second-order valence-corrected chi connectivity index (χ2v) is 9.35. The Kier molecular flexibility index (Phi) is 12.0. The van der Waals surface area contributed by atoms with Gasteiger partial charge in [0.15, 0.2) is 0 Å². The lowest BCUT2D eigenvalue weighted by molar-refractivity contribution is 0.171. The van der Waals surface area contributed by atoms with E-state index in [0.717, 1.165) is 29.1 Å². The lowest BCUT2D eigenvalue weighted by atomic mass is 9.77. The zero-order valence-corrected chi connectivity index (χ0v) is 18.0. The fourth-order valence-electron chi connectivity index (χ4n) is 3.20. The smallest absolute Gasteiger partial charge is 0.406 e. The lowest BCUT2D eigenvalue weighted by Gasteiger charge is -2.37. The maximum Gasteiger partial charge on any atom is 0.406 e. The first kappa shape index (κ1) is 23.3. The SMILES string of the molecule is COC(=O)NCCSCC(C)[C@@H]1CCC(C)C(SCCNC(=O)OC)C1. The van der Waals surface area contributed by atoms with E-state index < -0.39 is 0 Å². The molecule has 0 heterocycles. The Morgan fingerprint density at radius 1 is 1.08 bits per heavy atom. The Morgan fingerprint density at radius 2 is 1.69 bits per heavy atom. The van der Waals surface area contributed by atoms with E-state index in [4.69, 9.17) is 0 Å². The highest BCUT2D eigenvalue weighted by Gasteiger charge is 2.30. The van der Waals surface area contributed by atoms with Gasteiger partial charge < -0.3 is 20.1 Å². The van der Waals surface area contributed by atoms with E-state index in [-0.39, 0.29) is 12.2 Å². The first-order valence-corrected chi connectivity index (χ1v) is 11.5. The van der Waals surface area contributed by atoms with E-state index in [0.29, 0.717) is 24.3 Å². The number of alkyl carbamates (subject to hydrolysis) is 2. The molecule has 152 valence electrons. The molecule has 2 amide bonds. The molecule has 0 aliphatic heterocycles. The van der Waals surface area contributed by atoms with Gasteiger partial charge in [0.25, 0.3) is 0 Å². The summed E-state index contributed by atoms with van der Waals surface area (Å²) in [4.78, 5) is 22.1. The maximum absolute atomic E-state index is 11.1. The first-order valence-electron chi connectivity index (χ1n) is 9.30. The average molecular weight is 407 g/mol. The maximum atomic E-state index is 11.1. The Morgan fingerprint density at radius 3 is 2.31 bits per heavy atom. The predicted molar refractivity (Wildman–Crippen MR) is 110 cm³/mol. The van der Waals surface area contributed by atoms with Gasteiger partial charge in [0.2, 0.25) is 0 Å². The third-order valence-corrected chi connectivity index (χ3v) is 7.72. The lowest BCUT2D eigenvalue weighted by Crippen LogP contribution is -2.31. The highest BCUT2D eigenvalue weighted by atomic mass is 32.2. The van der Waals surface area contributed by atoms with Crippen molar-refractivity contribution in [2.45, 2.75) is 38.4 Å². The van der Waals surface area contributed by atoms with Crippen LogP contribution in [-0.2, 0) is 9.47 Å². The number of methoxy groups -OCH3 is 2. The van der Waals surface area contributed by atoms with Crippen LogP contribution in [0.25, 0.3) is 0 Å². The Bertz CT molecular complexity index is 426. The molecule has 0 saturated heterocycles. The zero-order valence-electron chi connectivity index (χ0n) is 16.4. The van der Waals surface area contributed by atoms with Crippen molar-refractivity contribution in [1.82, 2.24) is 10.6 Å². The van der Waals surface area contributed by atoms with Gasteiger partial charge in [-0.3, -0.25) is 0 Å². The van der Waals surface area contributed by atoms with Gasteiger partial charge in [-0.25, -0.2) is 9.59 Å². The summed E-state index contributed by atoms with van der Waals surface area (Å²) in [5.74, 6) is 5.15. The summed E-state index contributed by atoms with van der Waals surface area (Å²) >= 11 is 3.88. The molecule has 0 radical (unpaired) electrons. The van der Waals surface area contributed by atoms with Crippen LogP contribution < -0.4 is 10.6 Å². The second-order valence-electron chi connectivity index (χ2n) is 6.85. The molecule has 4 atom stereocenters. The summed E-state index contributed by atoms with van der Waals surface area (Å²) in [5.41, 5.74) is 0. The number of carbonyl (C=O) groups excluding carboxylic acids is 2. The number of amides is 2. The second kappa shape index (κ2) is 13.4. The van der Waals surface area contributed by atoms with Crippen LogP contribution in [-0.4, -0.2) is 62.0 Å². The highest BCUT2D eigenvalue weighted by Crippen LogP contribution is 2.40. The normalized spacial score (nSPS) is 23.8. The Hall–Kier alpha value is -0.760. The molecular formula is C18H34N2O4S2. The summed E-state index contributed by atoms with van der Waals surface area (Å²) in [6.07, 6.45) is 3.13. The van der Waals surface area contributed by atoms with Gasteiger partial charge in [0.1, 0.15) is 0 Å². The Balaban J connectivity index is 2.23. The van der Waals surface area contributed by atoms with Crippen molar-refractivity contribution >= 4 is 35.7 Å². The first-order chi connectivity index (χ1) is 12.5. The minimum absolute atomic E-state index is 0.354. The summed E-state index contributed by atoms with van der Waals surface area (Å²) in [6.45, 7) is 6.00. The molecule has 1 fully saturated rings. The number of rotatable bonds is 10. The summed E-state index contributed by atoms with van der Waals surface area (Å²) in [6, 6.07) is 0. The van der Waals surface area contributed by atoms with Gasteiger partial charge >= 0.3 is 12.2 Å². The number of hydrogen-bond donors (Lipinski definition) is 2. The van der Waals surface area contributed by atoms with Crippen molar-refractivity contribution in [3.05, 3.63) is 0 Å². The number of thioether (sulfide) groups is 2. The molecule has 0 aromatic heterocycles. The van der Waals surface area contributed by atoms with Crippen molar-refractivity contribution in [2.75, 3.05) is 44.6 Å². The van der Waals surface area contributed by atoms with Crippen LogP contribution in [0.5, 0.6) is 0 Å². The highest BCUT2D eigenvalue weighted by molar-refractivity contribution is 8.00. The topological polar surface area (TPSA) is 76.7 Å². The summed E-state index contributed by atoms with van der Waals surface area (Å²) in [5, 5.41) is 6.13. The molecule has 2 N–H and O–H groups in total. The van der Waals surface area contributed by atoms with Crippen molar-refractivity contribution in [3.8, 4) is 0 Å². The molecule has 6 nitrogen and oxygen atoms in total. The average Bonchev–Trinajstić information content (AvgIpc) is 2.65. The van der Waals surface area contributed by atoms with Crippen LogP contribution in [0.15, 0.2) is 0 Å². The number of nitrogens with one attached hydrogen (secondary N) is 2. The van der Waals surface area contributed by atoms with Crippen LogP contribution in [0.2, 0.25) is 0 Å². The number of carbonyl (C=O) groups is 2. The molecule has 1 rings (SSSR count). The summed E-state index contributed by atoms with van der Waals surface area (Å²) in [7, 11) is 2.77. The molecule has 1 aliphatic carbocycles. The minimum atomic E-state index is -0.360. The fourth-order valence-corrected chi connectivity index (χ4v) is 5.63. The third-order valence-electron chi connectivity index (χ3n) is 4.94. The summed E-state index contributed by atoms with van der Waals surface area (Å²) < 4.78 is 9.16. The number of ether oxygens (including phenoxy) is 2.